The molecule has 0 atom stereocenters. The van der Waals surface area contributed by atoms with Crippen LogP contribution in [0, 0.1) is 0 Å². The predicted molar refractivity (Wildman–Crippen MR) is 395 cm³/mol. The van der Waals surface area contributed by atoms with Gasteiger partial charge in [-0.1, -0.05) is 269 Å². The lowest BCUT2D eigenvalue weighted by Gasteiger charge is -2.32. The van der Waals surface area contributed by atoms with Crippen molar-refractivity contribution in [2.75, 3.05) is 0 Å². The summed E-state index contributed by atoms with van der Waals surface area (Å²) in [6.07, 6.45) is 0. The molecule has 9 aromatic carbocycles. The summed E-state index contributed by atoms with van der Waals surface area (Å²) in [6.45, 7) is 17.2. The first-order chi connectivity index (χ1) is 45.9. The number of benzene rings is 9. The highest BCUT2D eigenvalue weighted by atomic mass is 35.5. The Bertz CT molecular complexity index is 4550. The number of rotatable bonds is 9. The molecule has 6 nitrogen and oxygen atoms in total. The van der Waals surface area contributed by atoms with Gasteiger partial charge in [-0.25, -0.2) is 19.9 Å². The molecule has 1 fully saturated rings. The van der Waals surface area contributed by atoms with E-state index in [1.165, 1.54) is 77.9 Å². The average Bonchev–Trinajstić information content (AvgIpc) is 1.58. The van der Waals surface area contributed by atoms with Gasteiger partial charge in [-0.3, -0.25) is 0 Å². The fourth-order valence-corrected chi connectivity index (χ4v) is 13.5. The van der Waals surface area contributed by atoms with Crippen molar-refractivity contribution >= 4 is 35.8 Å². The van der Waals surface area contributed by atoms with Crippen LogP contribution in [0.1, 0.15) is 77.6 Å². The van der Waals surface area contributed by atoms with Crippen molar-refractivity contribution in [1.82, 2.24) is 19.9 Å². The number of aromatic nitrogens is 4. The topological polar surface area (TPSA) is 70.0 Å². The molecule has 3 aliphatic rings. The molecule has 464 valence electrons. The van der Waals surface area contributed by atoms with E-state index < -0.39 is 0 Å². The van der Waals surface area contributed by atoms with Crippen molar-refractivity contribution in [3.8, 4) is 112 Å². The molecule has 0 spiro atoms. The number of fused-ring (bicyclic) bond motifs is 6. The molecule has 0 N–H and O–H groups in total. The maximum Gasteiger partial charge on any atom is 0.494 e. The van der Waals surface area contributed by atoms with Gasteiger partial charge in [0.1, 0.15) is 10.3 Å². The lowest BCUT2D eigenvalue weighted by Crippen LogP contribution is -2.41. The Morgan fingerprint density at radius 1 is 0.253 bits per heavy atom. The van der Waals surface area contributed by atoms with E-state index in [1.54, 1.807) is 0 Å². The summed E-state index contributed by atoms with van der Waals surface area (Å²) in [5.41, 5.74) is 26.5. The van der Waals surface area contributed by atoms with E-state index >= 15 is 0 Å². The third-order valence-electron chi connectivity index (χ3n) is 19.2. The van der Waals surface area contributed by atoms with Crippen LogP contribution in [0.5, 0.6) is 0 Å². The zero-order chi connectivity index (χ0) is 65.6. The third kappa shape index (κ3) is 12.5. The van der Waals surface area contributed by atoms with E-state index in [9.17, 15) is 0 Å². The van der Waals surface area contributed by atoms with Crippen LogP contribution in [-0.4, -0.2) is 38.3 Å². The standard InChI is InChI=1S/C49H36N2.C24H25BO2.C13H10Cl2N2/c1-49(2)43-23-25-45(41-29-37(33-15-7-3-8-16-33)27-38(30-41)34-17-9-4-10-18-34)50-47(43)48-44(49)24-26-46(51-48)42-31-39(35-19-11-5-12-20-35)28-40(32-42)36-21-13-6-14-22-36;1-23(2)24(3,4)27-25(26-23)22-16-20(18-11-7-5-8-12-18)15-21(17-22)19-13-9-6-10-14-19;1-13(2)7-3-5-9(14)16-11(7)12-8(13)4-6-10(15)17-12/h3-32H,1-2H3;5-17H,1-4H3;3-6H,1-2H3. The monoisotopic (exact) mass is 1270 g/mol. The Balaban J connectivity index is 0.000000146. The van der Waals surface area contributed by atoms with Gasteiger partial charge in [0, 0.05) is 22.0 Å². The minimum atomic E-state index is -0.374. The van der Waals surface area contributed by atoms with Crippen LogP contribution in [-0.2, 0) is 20.1 Å². The van der Waals surface area contributed by atoms with Crippen LogP contribution in [0.15, 0.2) is 285 Å². The van der Waals surface area contributed by atoms with Crippen LogP contribution in [0.25, 0.3) is 112 Å². The fraction of sp³-hybridized carbons (Fsp3) is 0.140. The predicted octanol–water partition coefficient (Wildman–Crippen LogP) is 22.2. The van der Waals surface area contributed by atoms with Gasteiger partial charge in [0.25, 0.3) is 0 Å². The summed E-state index contributed by atoms with van der Waals surface area (Å²) in [4.78, 5) is 19.6. The van der Waals surface area contributed by atoms with Crippen LogP contribution >= 0.6 is 23.2 Å². The van der Waals surface area contributed by atoms with Crippen LogP contribution in [0.4, 0.5) is 0 Å². The van der Waals surface area contributed by atoms with E-state index in [0.29, 0.717) is 10.3 Å². The molecule has 95 heavy (non-hydrogen) atoms. The van der Waals surface area contributed by atoms with E-state index in [1.807, 2.05) is 36.4 Å². The first-order valence-corrected chi connectivity index (χ1v) is 33.1. The average molecular weight is 1270 g/mol. The third-order valence-corrected chi connectivity index (χ3v) is 19.7. The van der Waals surface area contributed by atoms with Crippen molar-refractivity contribution in [1.29, 1.82) is 0 Å². The number of pyridine rings is 4. The first kappa shape index (κ1) is 62.6. The molecule has 5 heterocycles. The molecule has 16 rings (SSSR count). The van der Waals surface area contributed by atoms with Crippen molar-refractivity contribution < 1.29 is 9.31 Å². The lowest BCUT2D eigenvalue weighted by molar-refractivity contribution is 0.00578. The van der Waals surface area contributed by atoms with Gasteiger partial charge in [0.15, 0.2) is 0 Å². The zero-order valence-corrected chi connectivity index (χ0v) is 56.1. The molecule has 0 amide bonds. The molecule has 9 heteroatoms. The summed E-state index contributed by atoms with van der Waals surface area (Å²) < 4.78 is 12.6. The minimum absolute atomic E-state index is 0.0974. The fourth-order valence-electron chi connectivity index (χ4n) is 13.2. The van der Waals surface area contributed by atoms with Gasteiger partial charge in [0.2, 0.25) is 0 Å². The van der Waals surface area contributed by atoms with Gasteiger partial charge >= 0.3 is 7.12 Å². The number of halogens is 2. The first-order valence-electron chi connectivity index (χ1n) is 32.4. The SMILES string of the molecule is CC1(C)OB(c2cc(-c3ccccc3)cc(-c3ccccc3)c2)OC1(C)C.CC1(C)c2ccc(-c3cc(-c4ccccc4)cc(-c4ccccc4)c3)nc2-c2nc(-c3cc(-c4ccccc4)cc(-c4ccccc4)c3)ccc21.CC1(C)c2ccc(Cl)nc2-c2nc(Cl)ccc21. The number of hydrogen-bond acceptors (Lipinski definition) is 6. The Morgan fingerprint density at radius 2 is 0.484 bits per heavy atom. The second-order valence-corrected chi connectivity index (χ2v) is 27.5. The van der Waals surface area contributed by atoms with E-state index in [0.717, 1.165) is 61.9 Å². The van der Waals surface area contributed by atoms with Crippen molar-refractivity contribution in [2.45, 2.75) is 77.4 Å². The molecular formula is C86H71BCl2N4O2. The zero-order valence-electron chi connectivity index (χ0n) is 54.6. The molecule has 13 aromatic rings. The molecular weight excluding hydrogens is 1200 g/mol. The molecule has 0 unspecified atom stereocenters. The van der Waals surface area contributed by atoms with Crippen molar-refractivity contribution in [3.05, 3.63) is 318 Å². The Hall–Kier alpha value is -9.86. The lowest BCUT2D eigenvalue weighted by atomic mass is 9.76. The smallest absolute Gasteiger partial charge is 0.399 e. The molecule has 0 radical (unpaired) electrons. The molecule has 1 saturated heterocycles. The highest BCUT2D eigenvalue weighted by Crippen LogP contribution is 2.50. The summed E-state index contributed by atoms with van der Waals surface area (Å²) in [5.74, 6) is 0. The molecule has 2 aliphatic carbocycles. The Labute approximate surface area is 568 Å². The van der Waals surface area contributed by atoms with Gasteiger partial charge < -0.3 is 9.31 Å². The van der Waals surface area contributed by atoms with Gasteiger partial charge in [-0.05, 0) is 189 Å². The Kier molecular flexibility index (Phi) is 16.8. The summed E-state index contributed by atoms with van der Waals surface area (Å²) in [7, 11) is -0.374. The molecule has 4 aromatic heterocycles. The highest BCUT2D eigenvalue weighted by molar-refractivity contribution is 6.62. The van der Waals surface area contributed by atoms with E-state index in [2.05, 4.69) is 314 Å². The highest BCUT2D eigenvalue weighted by Gasteiger charge is 2.52. The summed E-state index contributed by atoms with van der Waals surface area (Å²) >= 11 is 11.9. The van der Waals surface area contributed by atoms with Crippen LogP contribution in [0.2, 0.25) is 10.3 Å². The van der Waals surface area contributed by atoms with Gasteiger partial charge in [0.05, 0.1) is 45.4 Å². The number of nitrogens with zero attached hydrogens (tertiary/aromatic N) is 4. The van der Waals surface area contributed by atoms with Crippen LogP contribution < -0.4 is 5.46 Å². The minimum Gasteiger partial charge on any atom is -0.399 e. The normalized spacial score (nSPS) is 14.7. The molecule has 0 bridgehead atoms. The second-order valence-electron chi connectivity index (χ2n) is 26.7. The number of hydrogen-bond donors (Lipinski definition) is 0. The summed E-state index contributed by atoms with van der Waals surface area (Å²) in [6, 6.07) is 100. The maximum absolute atomic E-state index is 6.31. The van der Waals surface area contributed by atoms with E-state index in [4.69, 9.17) is 42.5 Å². The van der Waals surface area contributed by atoms with Gasteiger partial charge in [-0.15, -0.1) is 0 Å². The quantitative estimate of drug-likeness (QED) is 0.106. The molecule has 0 saturated carbocycles. The Morgan fingerprint density at radius 3 is 0.758 bits per heavy atom. The summed E-state index contributed by atoms with van der Waals surface area (Å²) in [5, 5.41) is 0.961. The molecule has 1 aliphatic heterocycles. The van der Waals surface area contributed by atoms with Crippen LogP contribution in [0.3, 0.4) is 0 Å². The maximum atomic E-state index is 6.31. The largest absolute Gasteiger partial charge is 0.494 e. The second kappa shape index (κ2) is 25.5. The van der Waals surface area contributed by atoms with Crippen molar-refractivity contribution in [3.63, 3.8) is 0 Å². The van der Waals surface area contributed by atoms with Crippen molar-refractivity contribution in [2.24, 2.45) is 0 Å². The van der Waals surface area contributed by atoms with Gasteiger partial charge in [-0.2, -0.15) is 0 Å². The van der Waals surface area contributed by atoms with E-state index in [-0.39, 0.29) is 29.2 Å².